The maximum Gasteiger partial charge on any atom is 0.244 e. The van der Waals surface area contributed by atoms with E-state index < -0.39 is 0 Å². The molecule has 1 amide bonds. The van der Waals surface area contributed by atoms with Crippen LogP contribution in [0.4, 0.5) is 0 Å². The zero-order valence-corrected chi connectivity index (χ0v) is 14.0. The molecule has 1 aromatic carbocycles. The summed E-state index contributed by atoms with van der Waals surface area (Å²) in [6.07, 6.45) is 4.39. The van der Waals surface area contributed by atoms with Gasteiger partial charge in [-0.25, -0.2) is 0 Å². The maximum absolute atomic E-state index is 11.9. The molecule has 1 aromatic rings. The summed E-state index contributed by atoms with van der Waals surface area (Å²) in [6.45, 7) is 10.4. The molecule has 0 aromatic heterocycles. The monoisotopic (exact) mass is 303 g/mol. The lowest BCUT2D eigenvalue weighted by Gasteiger charge is -2.19. The van der Waals surface area contributed by atoms with Gasteiger partial charge in [0.1, 0.15) is 17.6 Å². The van der Waals surface area contributed by atoms with E-state index in [-0.39, 0.29) is 17.6 Å². The van der Waals surface area contributed by atoms with Crippen molar-refractivity contribution in [1.82, 2.24) is 5.32 Å². The third-order valence-electron chi connectivity index (χ3n) is 3.24. The largest absolute Gasteiger partial charge is 0.493 e. The molecule has 22 heavy (non-hydrogen) atoms. The lowest BCUT2D eigenvalue weighted by Crippen LogP contribution is -2.39. The predicted molar refractivity (Wildman–Crippen MR) is 88.3 cm³/mol. The number of nitrogens with one attached hydrogen (secondary N) is 1. The number of fused-ring (bicyclic) bond motifs is 1. The Morgan fingerprint density at radius 3 is 2.82 bits per heavy atom. The Hall–Kier alpha value is -1.97. The lowest BCUT2D eigenvalue weighted by atomic mass is 10.1. The molecule has 0 saturated heterocycles. The highest BCUT2D eigenvalue weighted by atomic mass is 16.5. The van der Waals surface area contributed by atoms with Crippen molar-refractivity contribution < 1.29 is 14.3 Å². The minimum Gasteiger partial charge on any atom is -0.493 e. The summed E-state index contributed by atoms with van der Waals surface area (Å²) in [5, 5.41) is 2.90. The Labute approximate surface area is 132 Å². The predicted octanol–water partition coefficient (Wildman–Crippen LogP) is 3.34. The van der Waals surface area contributed by atoms with Gasteiger partial charge in [-0.1, -0.05) is 0 Å². The Bertz CT molecular complexity index is 585. The molecule has 1 N–H and O–H groups in total. The lowest BCUT2D eigenvalue weighted by molar-refractivity contribution is -0.117. The van der Waals surface area contributed by atoms with Gasteiger partial charge in [-0.15, -0.1) is 0 Å². The van der Waals surface area contributed by atoms with Crippen LogP contribution in [0.15, 0.2) is 18.2 Å². The molecule has 4 heteroatoms. The van der Waals surface area contributed by atoms with E-state index in [0.717, 1.165) is 29.0 Å². The van der Waals surface area contributed by atoms with Crippen molar-refractivity contribution in [2.45, 2.75) is 52.7 Å². The first-order chi connectivity index (χ1) is 10.3. The van der Waals surface area contributed by atoms with Crippen LogP contribution < -0.4 is 14.8 Å². The fourth-order valence-corrected chi connectivity index (χ4v) is 2.44. The van der Waals surface area contributed by atoms with Crippen molar-refractivity contribution in [2.75, 3.05) is 6.61 Å². The van der Waals surface area contributed by atoms with Gasteiger partial charge in [-0.05, 0) is 52.8 Å². The van der Waals surface area contributed by atoms with Gasteiger partial charge in [0.05, 0.1) is 6.61 Å². The summed E-state index contributed by atoms with van der Waals surface area (Å²) in [7, 11) is 0. The highest BCUT2D eigenvalue weighted by Crippen LogP contribution is 2.35. The SMILES string of the molecule is CCOc1cc2c(cc1/C=C/C(=O)NC(C)(C)C)OC(C)C2. The van der Waals surface area contributed by atoms with Gasteiger partial charge in [0.2, 0.25) is 5.91 Å². The van der Waals surface area contributed by atoms with E-state index in [1.165, 1.54) is 6.08 Å². The molecule has 1 unspecified atom stereocenters. The summed E-state index contributed by atoms with van der Waals surface area (Å²) in [5.74, 6) is 1.55. The summed E-state index contributed by atoms with van der Waals surface area (Å²) in [6, 6.07) is 3.97. The smallest absolute Gasteiger partial charge is 0.244 e. The van der Waals surface area contributed by atoms with Gasteiger partial charge in [0.25, 0.3) is 0 Å². The molecule has 0 bridgehead atoms. The fourth-order valence-electron chi connectivity index (χ4n) is 2.44. The van der Waals surface area contributed by atoms with Crippen molar-refractivity contribution in [3.63, 3.8) is 0 Å². The molecular weight excluding hydrogens is 278 g/mol. The molecule has 1 aliphatic rings. The van der Waals surface area contributed by atoms with Crippen molar-refractivity contribution in [2.24, 2.45) is 0 Å². The Kier molecular flexibility index (Phi) is 4.79. The second kappa shape index (κ2) is 6.42. The number of carbonyl (C=O) groups is 1. The maximum atomic E-state index is 11.9. The molecule has 2 rings (SSSR count). The minimum absolute atomic E-state index is 0.121. The topological polar surface area (TPSA) is 47.6 Å². The molecule has 0 radical (unpaired) electrons. The molecule has 0 fully saturated rings. The van der Waals surface area contributed by atoms with Crippen LogP contribution in [-0.4, -0.2) is 24.2 Å². The highest BCUT2D eigenvalue weighted by Gasteiger charge is 2.21. The first-order valence-electron chi connectivity index (χ1n) is 7.75. The quantitative estimate of drug-likeness (QED) is 0.868. The first kappa shape index (κ1) is 16.4. The molecule has 4 nitrogen and oxygen atoms in total. The average molecular weight is 303 g/mol. The van der Waals surface area contributed by atoms with E-state index in [1.54, 1.807) is 6.08 Å². The second-order valence-corrected chi connectivity index (χ2v) is 6.64. The van der Waals surface area contributed by atoms with Crippen molar-refractivity contribution in [1.29, 1.82) is 0 Å². The molecule has 1 aliphatic heterocycles. The van der Waals surface area contributed by atoms with Crippen LogP contribution in [0.5, 0.6) is 11.5 Å². The van der Waals surface area contributed by atoms with Gasteiger partial charge in [0, 0.05) is 29.2 Å². The number of carbonyl (C=O) groups excluding carboxylic acids is 1. The normalized spacial score (nSPS) is 17.2. The molecule has 1 atom stereocenters. The molecular formula is C18H25NO3. The van der Waals surface area contributed by atoms with E-state index in [9.17, 15) is 4.79 Å². The van der Waals surface area contributed by atoms with Crippen molar-refractivity contribution in [3.05, 3.63) is 29.3 Å². The van der Waals surface area contributed by atoms with Crippen molar-refractivity contribution >= 4 is 12.0 Å². The van der Waals surface area contributed by atoms with Gasteiger partial charge >= 0.3 is 0 Å². The number of ether oxygens (including phenoxy) is 2. The van der Waals surface area contributed by atoms with Gasteiger partial charge < -0.3 is 14.8 Å². The number of amides is 1. The first-order valence-corrected chi connectivity index (χ1v) is 7.75. The Morgan fingerprint density at radius 1 is 1.45 bits per heavy atom. The third-order valence-corrected chi connectivity index (χ3v) is 3.24. The second-order valence-electron chi connectivity index (χ2n) is 6.64. The molecule has 0 saturated carbocycles. The molecule has 120 valence electrons. The Balaban J connectivity index is 2.22. The average Bonchev–Trinajstić information content (AvgIpc) is 2.73. The van der Waals surface area contributed by atoms with Crippen LogP contribution in [-0.2, 0) is 11.2 Å². The number of rotatable bonds is 4. The fraction of sp³-hybridized carbons (Fsp3) is 0.500. The van der Waals surface area contributed by atoms with E-state index in [2.05, 4.69) is 5.32 Å². The summed E-state index contributed by atoms with van der Waals surface area (Å²) in [4.78, 5) is 11.9. The Morgan fingerprint density at radius 2 is 2.18 bits per heavy atom. The van der Waals surface area contributed by atoms with Gasteiger partial charge in [-0.3, -0.25) is 4.79 Å². The standard InChI is InChI=1S/C18H25NO3/c1-6-21-15-11-14-9-12(2)22-16(14)10-13(15)7-8-17(20)19-18(3,4)5/h7-8,10-12H,6,9H2,1-5H3,(H,19,20)/b8-7+. The highest BCUT2D eigenvalue weighted by molar-refractivity contribution is 5.92. The van der Waals surface area contributed by atoms with Crippen LogP contribution in [0.2, 0.25) is 0 Å². The zero-order chi connectivity index (χ0) is 16.3. The number of benzene rings is 1. The van der Waals surface area contributed by atoms with Gasteiger partial charge in [0.15, 0.2) is 0 Å². The van der Waals surface area contributed by atoms with E-state index in [0.29, 0.717) is 6.61 Å². The summed E-state index contributed by atoms with van der Waals surface area (Å²) in [5.41, 5.74) is 1.77. The number of hydrogen-bond acceptors (Lipinski definition) is 3. The zero-order valence-electron chi connectivity index (χ0n) is 14.0. The molecule has 0 spiro atoms. The molecule has 0 aliphatic carbocycles. The van der Waals surface area contributed by atoms with E-state index >= 15 is 0 Å². The minimum atomic E-state index is -0.249. The van der Waals surface area contributed by atoms with E-state index in [1.807, 2.05) is 46.8 Å². The summed E-state index contributed by atoms with van der Waals surface area (Å²) < 4.78 is 11.5. The van der Waals surface area contributed by atoms with Crippen LogP contribution in [0.25, 0.3) is 6.08 Å². The van der Waals surface area contributed by atoms with E-state index in [4.69, 9.17) is 9.47 Å². The van der Waals surface area contributed by atoms with Crippen LogP contribution in [0.1, 0.15) is 45.7 Å². The number of hydrogen-bond donors (Lipinski definition) is 1. The third kappa shape index (κ3) is 4.26. The van der Waals surface area contributed by atoms with Crippen LogP contribution in [0.3, 0.4) is 0 Å². The van der Waals surface area contributed by atoms with Crippen LogP contribution in [0, 0.1) is 0 Å². The van der Waals surface area contributed by atoms with Gasteiger partial charge in [-0.2, -0.15) is 0 Å². The van der Waals surface area contributed by atoms with Crippen molar-refractivity contribution in [3.8, 4) is 11.5 Å². The summed E-state index contributed by atoms with van der Waals surface area (Å²) >= 11 is 0. The van der Waals surface area contributed by atoms with Crippen LogP contribution >= 0.6 is 0 Å². The molecule has 1 heterocycles.